The fourth-order valence-electron chi connectivity index (χ4n) is 3.41. The van der Waals surface area contributed by atoms with Gasteiger partial charge < -0.3 is 20.9 Å². The van der Waals surface area contributed by atoms with E-state index in [9.17, 15) is 9.59 Å². The first kappa shape index (κ1) is 27.2. The summed E-state index contributed by atoms with van der Waals surface area (Å²) in [6.07, 6.45) is 6.27. The molecule has 7 nitrogen and oxygen atoms in total. The second kappa shape index (κ2) is 15.9. The Bertz CT molecular complexity index is 694. The average Bonchev–Trinajstić information content (AvgIpc) is 2.94. The number of hydrogen-bond acceptors (Lipinski definition) is 3. The van der Waals surface area contributed by atoms with Crippen LogP contribution in [-0.2, 0) is 16.1 Å². The highest BCUT2D eigenvalue weighted by atomic mass is 127. The molecule has 0 spiro atoms. The molecule has 31 heavy (non-hydrogen) atoms. The summed E-state index contributed by atoms with van der Waals surface area (Å²) in [7, 11) is 0. The van der Waals surface area contributed by atoms with Gasteiger partial charge >= 0.3 is 0 Å². The zero-order valence-electron chi connectivity index (χ0n) is 18.9. The Morgan fingerprint density at radius 1 is 1.10 bits per heavy atom. The van der Waals surface area contributed by atoms with E-state index in [2.05, 4.69) is 20.9 Å². The molecule has 1 heterocycles. The summed E-state index contributed by atoms with van der Waals surface area (Å²) < 4.78 is 0. The topological polar surface area (TPSA) is 85.8 Å². The van der Waals surface area contributed by atoms with Crippen LogP contribution in [0.2, 0.25) is 0 Å². The maximum absolute atomic E-state index is 12.1. The zero-order valence-corrected chi connectivity index (χ0v) is 21.2. The molecule has 8 heteroatoms. The van der Waals surface area contributed by atoms with E-state index in [0.717, 1.165) is 75.5 Å². The molecular weight excluding hydrogens is 505 g/mol. The Morgan fingerprint density at radius 3 is 2.58 bits per heavy atom. The molecule has 1 aromatic rings. The maximum atomic E-state index is 12.1. The summed E-state index contributed by atoms with van der Waals surface area (Å²) in [4.78, 5) is 30.4. The molecule has 1 fully saturated rings. The van der Waals surface area contributed by atoms with Crippen LogP contribution in [0.15, 0.2) is 29.3 Å². The number of nitrogens with zero attached hydrogens (tertiary/aromatic N) is 2. The van der Waals surface area contributed by atoms with Crippen LogP contribution in [0.25, 0.3) is 0 Å². The molecule has 0 radical (unpaired) electrons. The van der Waals surface area contributed by atoms with Gasteiger partial charge in [-0.2, -0.15) is 0 Å². The standard InChI is InChI=1S/C23H37N5O2.HI/c1-3-9-21(29)27-20-13-11-19(12-14-20)18-26-23(24-4-2)25-15-8-17-28-16-7-5-6-10-22(28)30;/h11-14H,3-10,15-18H2,1-2H3,(H,27,29)(H2,24,25,26);1H. The van der Waals surface area contributed by atoms with Crippen molar-refractivity contribution < 1.29 is 9.59 Å². The molecule has 2 amide bonds. The third-order valence-electron chi connectivity index (χ3n) is 5.05. The van der Waals surface area contributed by atoms with Gasteiger partial charge in [-0.1, -0.05) is 25.5 Å². The number of halogens is 1. The second-order valence-electron chi connectivity index (χ2n) is 7.66. The third-order valence-corrected chi connectivity index (χ3v) is 5.05. The van der Waals surface area contributed by atoms with E-state index in [4.69, 9.17) is 0 Å². The average molecular weight is 543 g/mol. The number of guanidine groups is 1. The molecule has 1 aromatic carbocycles. The van der Waals surface area contributed by atoms with E-state index in [1.54, 1.807) is 0 Å². The van der Waals surface area contributed by atoms with Crippen LogP contribution in [0.4, 0.5) is 5.69 Å². The number of rotatable bonds is 10. The van der Waals surface area contributed by atoms with Crippen LogP contribution in [0.3, 0.4) is 0 Å². The number of aliphatic imine (C=N–C) groups is 1. The summed E-state index contributed by atoms with van der Waals surface area (Å²) in [5.41, 5.74) is 1.89. The fourth-order valence-corrected chi connectivity index (χ4v) is 3.41. The highest BCUT2D eigenvalue weighted by molar-refractivity contribution is 14.0. The molecule has 1 aliphatic rings. The number of hydrogen-bond donors (Lipinski definition) is 3. The Labute approximate surface area is 203 Å². The smallest absolute Gasteiger partial charge is 0.224 e. The van der Waals surface area contributed by atoms with Crippen LogP contribution >= 0.6 is 24.0 Å². The molecule has 174 valence electrons. The number of anilines is 1. The Kier molecular flexibility index (Phi) is 13.9. The zero-order chi connectivity index (χ0) is 21.6. The molecule has 3 N–H and O–H groups in total. The van der Waals surface area contributed by atoms with E-state index < -0.39 is 0 Å². The second-order valence-corrected chi connectivity index (χ2v) is 7.66. The van der Waals surface area contributed by atoms with Crippen molar-refractivity contribution in [3.8, 4) is 0 Å². The Morgan fingerprint density at radius 2 is 1.87 bits per heavy atom. The van der Waals surface area contributed by atoms with E-state index >= 15 is 0 Å². The molecule has 0 aliphatic carbocycles. The summed E-state index contributed by atoms with van der Waals surface area (Å²) in [5.74, 6) is 1.12. The maximum Gasteiger partial charge on any atom is 0.224 e. The minimum absolute atomic E-state index is 0. The number of likely N-dealkylation sites (tertiary alicyclic amines) is 1. The highest BCUT2D eigenvalue weighted by Crippen LogP contribution is 2.12. The quantitative estimate of drug-likeness (QED) is 0.181. The van der Waals surface area contributed by atoms with Crippen molar-refractivity contribution in [3.05, 3.63) is 29.8 Å². The number of carbonyl (C=O) groups is 2. The highest BCUT2D eigenvalue weighted by Gasteiger charge is 2.15. The lowest BCUT2D eigenvalue weighted by atomic mass is 10.2. The van der Waals surface area contributed by atoms with Crippen molar-refractivity contribution in [2.75, 3.05) is 31.5 Å². The lowest BCUT2D eigenvalue weighted by Crippen LogP contribution is -2.39. The largest absolute Gasteiger partial charge is 0.357 e. The molecule has 1 aliphatic heterocycles. The first-order valence-electron chi connectivity index (χ1n) is 11.3. The lowest BCUT2D eigenvalue weighted by Gasteiger charge is -2.20. The van der Waals surface area contributed by atoms with Crippen molar-refractivity contribution in [3.63, 3.8) is 0 Å². The van der Waals surface area contributed by atoms with Gasteiger partial charge in [0.2, 0.25) is 11.8 Å². The predicted octanol–water partition coefficient (Wildman–Crippen LogP) is 3.89. The summed E-state index contributed by atoms with van der Waals surface area (Å²) in [6.45, 7) is 7.85. The minimum atomic E-state index is 0. The SMILES string of the molecule is CCCC(=O)Nc1ccc(CN=C(NCC)NCCCN2CCCCCC2=O)cc1.I. The Hall–Kier alpha value is -1.84. The van der Waals surface area contributed by atoms with E-state index in [-0.39, 0.29) is 29.9 Å². The molecule has 0 saturated carbocycles. The predicted molar refractivity (Wildman–Crippen MR) is 138 cm³/mol. The van der Waals surface area contributed by atoms with Crippen molar-refractivity contribution in [1.82, 2.24) is 15.5 Å². The summed E-state index contributed by atoms with van der Waals surface area (Å²) in [6, 6.07) is 7.80. The molecule has 0 bridgehead atoms. The summed E-state index contributed by atoms with van der Waals surface area (Å²) >= 11 is 0. The van der Waals surface area contributed by atoms with Crippen LogP contribution < -0.4 is 16.0 Å². The van der Waals surface area contributed by atoms with Crippen LogP contribution in [0.5, 0.6) is 0 Å². The number of amides is 2. The normalized spacial score (nSPS) is 14.5. The monoisotopic (exact) mass is 543 g/mol. The van der Waals surface area contributed by atoms with Crippen molar-refractivity contribution in [2.24, 2.45) is 4.99 Å². The van der Waals surface area contributed by atoms with Gasteiger partial charge in [0, 0.05) is 44.7 Å². The lowest BCUT2D eigenvalue weighted by molar-refractivity contribution is -0.130. The van der Waals surface area contributed by atoms with Gasteiger partial charge in [-0.25, -0.2) is 4.99 Å². The van der Waals surface area contributed by atoms with Crippen molar-refractivity contribution >= 4 is 47.4 Å². The van der Waals surface area contributed by atoms with E-state index in [0.29, 0.717) is 25.3 Å². The van der Waals surface area contributed by atoms with Crippen LogP contribution in [0, 0.1) is 0 Å². The van der Waals surface area contributed by atoms with Gasteiger partial charge in [0.15, 0.2) is 5.96 Å². The van der Waals surface area contributed by atoms with Crippen LogP contribution in [-0.4, -0.2) is 48.9 Å². The number of carbonyl (C=O) groups excluding carboxylic acids is 2. The third kappa shape index (κ3) is 10.8. The molecule has 0 unspecified atom stereocenters. The number of benzene rings is 1. The van der Waals surface area contributed by atoms with Gasteiger partial charge in [0.25, 0.3) is 0 Å². The Balaban J connectivity index is 0.00000480. The number of nitrogens with one attached hydrogen (secondary N) is 3. The van der Waals surface area contributed by atoms with Crippen molar-refractivity contribution in [1.29, 1.82) is 0 Å². The van der Waals surface area contributed by atoms with E-state index in [1.807, 2.05) is 43.0 Å². The van der Waals surface area contributed by atoms with Crippen molar-refractivity contribution in [2.45, 2.75) is 65.3 Å². The molecule has 1 saturated heterocycles. The van der Waals surface area contributed by atoms with Gasteiger partial charge in [-0.15, -0.1) is 24.0 Å². The summed E-state index contributed by atoms with van der Waals surface area (Å²) in [5, 5.41) is 9.52. The molecule has 0 atom stereocenters. The van der Waals surface area contributed by atoms with Gasteiger partial charge in [-0.05, 0) is 50.3 Å². The first-order valence-corrected chi connectivity index (χ1v) is 11.3. The fraction of sp³-hybridized carbons (Fsp3) is 0.609. The molecule has 0 aromatic heterocycles. The van der Waals surface area contributed by atoms with Gasteiger partial charge in [0.05, 0.1) is 6.54 Å². The van der Waals surface area contributed by atoms with Gasteiger partial charge in [-0.3, -0.25) is 9.59 Å². The minimum Gasteiger partial charge on any atom is -0.357 e. The first-order chi connectivity index (χ1) is 14.6. The molecule has 2 rings (SSSR count). The van der Waals surface area contributed by atoms with E-state index in [1.165, 1.54) is 0 Å². The molecular formula is C23H38IN5O2. The van der Waals surface area contributed by atoms with Gasteiger partial charge in [0.1, 0.15) is 0 Å². The van der Waals surface area contributed by atoms with Crippen LogP contribution in [0.1, 0.15) is 64.4 Å².